The first kappa shape index (κ1) is 9.34. The molecule has 3 heteroatoms. The van der Waals surface area contributed by atoms with E-state index >= 15 is 0 Å². The Hall–Kier alpha value is -1.22. The maximum absolute atomic E-state index is 9.43. The third-order valence-corrected chi connectivity index (χ3v) is 2.53. The summed E-state index contributed by atoms with van der Waals surface area (Å²) in [6.07, 6.45) is 0.630. The van der Waals surface area contributed by atoms with Crippen molar-refractivity contribution in [3.63, 3.8) is 0 Å². The number of aliphatic hydroxyl groups is 1. The van der Waals surface area contributed by atoms with Crippen LogP contribution in [0.15, 0.2) is 18.2 Å². The van der Waals surface area contributed by atoms with Crippen LogP contribution >= 0.6 is 0 Å². The highest BCUT2D eigenvalue weighted by Crippen LogP contribution is 2.29. The van der Waals surface area contributed by atoms with Crippen molar-refractivity contribution in [1.29, 1.82) is 0 Å². The van der Waals surface area contributed by atoms with Gasteiger partial charge in [-0.25, -0.2) is 0 Å². The van der Waals surface area contributed by atoms with Crippen LogP contribution in [0.25, 0.3) is 0 Å². The van der Waals surface area contributed by atoms with Crippen LogP contribution in [0.2, 0.25) is 0 Å². The van der Waals surface area contributed by atoms with Crippen molar-refractivity contribution in [3.8, 4) is 5.75 Å². The average molecular weight is 192 g/mol. The largest absolute Gasteiger partial charge is 0.495 e. The lowest BCUT2D eigenvalue weighted by Gasteiger charge is -2.20. The molecule has 3 nitrogen and oxygen atoms in total. The van der Waals surface area contributed by atoms with Crippen LogP contribution in [0, 0.1) is 6.07 Å². The Morgan fingerprint density at radius 1 is 1.64 bits per heavy atom. The fraction of sp³-hybridized carbons (Fsp3) is 0.455. The molecule has 1 unspecified atom stereocenters. The summed E-state index contributed by atoms with van der Waals surface area (Å²) in [7, 11) is 1.65. The molecule has 1 atom stereocenters. The zero-order chi connectivity index (χ0) is 9.97. The van der Waals surface area contributed by atoms with Gasteiger partial charge in [0.1, 0.15) is 5.75 Å². The Kier molecular flexibility index (Phi) is 2.59. The first-order chi connectivity index (χ1) is 6.81. The lowest BCUT2D eigenvalue weighted by molar-refractivity contribution is 0.198. The van der Waals surface area contributed by atoms with E-state index in [0.29, 0.717) is 6.54 Å². The van der Waals surface area contributed by atoms with Gasteiger partial charge in [-0.15, -0.1) is 0 Å². The number of aliphatic hydroxyl groups excluding tert-OH is 1. The number of rotatable bonds is 2. The number of hydrogen-bond acceptors (Lipinski definition) is 3. The van der Waals surface area contributed by atoms with Crippen LogP contribution < -0.4 is 9.64 Å². The van der Waals surface area contributed by atoms with E-state index in [2.05, 4.69) is 11.0 Å². The maximum atomic E-state index is 9.43. The van der Waals surface area contributed by atoms with Gasteiger partial charge in [0.15, 0.2) is 0 Å². The molecule has 1 saturated heterocycles. The van der Waals surface area contributed by atoms with Crippen molar-refractivity contribution in [3.05, 3.63) is 24.3 Å². The summed E-state index contributed by atoms with van der Waals surface area (Å²) < 4.78 is 5.24. The summed E-state index contributed by atoms with van der Waals surface area (Å²) in [5.74, 6) is 0.821. The molecule has 1 heterocycles. The van der Waals surface area contributed by atoms with Gasteiger partial charge < -0.3 is 14.7 Å². The van der Waals surface area contributed by atoms with E-state index in [0.717, 1.165) is 24.4 Å². The average Bonchev–Trinajstić information content (AvgIpc) is 2.65. The summed E-state index contributed by atoms with van der Waals surface area (Å²) >= 11 is 0. The van der Waals surface area contributed by atoms with Crippen molar-refractivity contribution >= 4 is 5.69 Å². The van der Waals surface area contributed by atoms with Crippen molar-refractivity contribution < 1.29 is 9.84 Å². The molecule has 0 spiro atoms. The Morgan fingerprint density at radius 2 is 2.50 bits per heavy atom. The molecule has 1 aromatic rings. The topological polar surface area (TPSA) is 32.7 Å². The molecule has 14 heavy (non-hydrogen) atoms. The van der Waals surface area contributed by atoms with E-state index in [4.69, 9.17) is 4.74 Å². The van der Waals surface area contributed by atoms with Crippen LogP contribution in [-0.2, 0) is 0 Å². The highest BCUT2D eigenvalue weighted by molar-refractivity contribution is 5.58. The molecule has 0 aliphatic carbocycles. The molecule has 0 amide bonds. The van der Waals surface area contributed by atoms with Gasteiger partial charge in [0, 0.05) is 13.1 Å². The Labute approximate surface area is 83.9 Å². The molecule has 1 fully saturated rings. The quantitative estimate of drug-likeness (QED) is 0.760. The Morgan fingerprint density at radius 3 is 3.14 bits per heavy atom. The molecule has 1 radical (unpaired) electrons. The zero-order valence-corrected chi connectivity index (χ0v) is 8.23. The molecule has 0 aromatic heterocycles. The predicted molar refractivity (Wildman–Crippen MR) is 54.7 cm³/mol. The molecule has 2 rings (SSSR count). The van der Waals surface area contributed by atoms with Crippen LogP contribution in [0.1, 0.15) is 6.42 Å². The standard InChI is InChI=1S/C11H14NO2/c1-14-11-5-3-2-4-10(11)12-7-6-9(13)8-12/h2,4-5,9,13H,6-8H2,1H3. The van der Waals surface area contributed by atoms with Crippen molar-refractivity contribution in [1.82, 2.24) is 0 Å². The molecular formula is C11H14NO2. The number of nitrogens with zero attached hydrogens (tertiary/aromatic N) is 1. The number of benzene rings is 1. The smallest absolute Gasteiger partial charge is 0.142 e. The molecule has 75 valence electrons. The van der Waals surface area contributed by atoms with Gasteiger partial charge in [-0.05, 0) is 24.6 Å². The first-order valence-corrected chi connectivity index (χ1v) is 4.78. The molecule has 0 saturated carbocycles. The number of hydrogen-bond donors (Lipinski definition) is 1. The van der Waals surface area contributed by atoms with Crippen LogP contribution in [0.3, 0.4) is 0 Å². The summed E-state index contributed by atoms with van der Waals surface area (Å²) in [6.45, 7) is 1.59. The Balaban J connectivity index is 2.22. The SMILES string of the molecule is COc1c[c]ccc1N1CCC(O)C1. The molecule has 1 aliphatic rings. The second kappa shape index (κ2) is 3.88. The van der Waals surface area contributed by atoms with Crippen LogP contribution in [-0.4, -0.2) is 31.4 Å². The highest BCUT2D eigenvalue weighted by atomic mass is 16.5. The van der Waals surface area contributed by atoms with Gasteiger partial charge in [-0.2, -0.15) is 0 Å². The highest BCUT2D eigenvalue weighted by Gasteiger charge is 2.22. The number of anilines is 1. The third kappa shape index (κ3) is 1.68. The van der Waals surface area contributed by atoms with Gasteiger partial charge in [-0.3, -0.25) is 0 Å². The predicted octanol–water partition coefficient (Wildman–Crippen LogP) is 1.07. The van der Waals surface area contributed by atoms with E-state index in [-0.39, 0.29) is 6.10 Å². The van der Waals surface area contributed by atoms with E-state index in [9.17, 15) is 5.11 Å². The number of β-amino-alcohol motifs (C(OH)–C–C–N with tert-alkyl or cyclic N) is 1. The van der Waals surface area contributed by atoms with Gasteiger partial charge in [0.25, 0.3) is 0 Å². The van der Waals surface area contributed by atoms with Crippen molar-refractivity contribution in [2.75, 3.05) is 25.1 Å². The minimum Gasteiger partial charge on any atom is -0.495 e. The minimum absolute atomic E-state index is 0.205. The minimum atomic E-state index is -0.205. The van der Waals surface area contributed by atoms with Gasteiger partial charge in [0.05, 0.1) is 18.9 Å². The van der Waals surface area contributed by atoms with Crippen LogP contribution in [0.5, 0.6) is 5.75 Å². The Bertz CT molecular complexity index is 314. The van der Waals surface area contributed by atoms with Gasteiger partial charge >= 0.3 is 0 Å². The van der Waals surface area contributed by atoms with Gasteiger partial charge in [0.2, 0.25) is 0 Å². The number of methoxy groups -OCH3 is 1. The first-order valence-electron chi connectivity index (χ1n) is 4.78. The van der Waals surface area contributed by atoms with E-state index < -0.39 is 0 Å². The summed E-state index contributed by atoms with van der Waals surface area (Å²) in [4.78, 5) is 2.14. The van der Waals surface area contributed by atoms with Crippen molar-refractivity contribution in [2.45, 2.75) is 12.5 Å². The second-order valence-electron chi connectivity index (χ2n) is 3.49. The summed E-state index contributed by atoms with van der Waals surface area (Å²) in [5, 5.41) is 9.43. The fourth-order valence-electron chi connectivity index (χ4n) is 1.79. The fourth-order valence-corrected chi connectivity index (χ4v) is 1.79. The van der Waals surface area contributed by atoms with E-state index in [1.54, 1.807) is 7.11 Å². The van der Waals surface area contributed by atoms with Gasteiger partial charge in [-0.1, -0.05) is 6.07 Å². The molecule has 1 aromatic carbocycles. The molecule has 1 N–H and O–H groups in total. The third-order valence-electron chi connectivity index (χ3n) is 2.53. The molecule has 0 bridgehead atoms. The van der Waals surface area contributed by atoms with E-state index in [1.807, 2.05) is 18.2 Å². The summed E-state index contributed by atoms with van der Waals surface area (Å²) in [6, 6.07) is 8.63. The maximum Gasteiger partial charge on any atom is 0.142 e. The summed E-state index contributed by atoms with van der Waals surface area (Å²) in [5.41, 5.74) is 1.04. The van der Waals surface area contributed by atoms with Crippen molar-refractivity contribution in [2.24, 2.45) is 0 Å². The molecule has 1 aliphatic heterocycles. The normalized spacial score (nSPS) is 21.3. The number of ether oxygens (including phenoxy) is 1. The lowest BCUT2D eigenvalue weighted by Crippen LogP contribution is -2.21. The monoisotopic (exact) mass is 192 g/mol. The lowest BCUT2D eigenvalue weighted by atomic mass is 10.2. The molecular weight excluding hydrogens is 178 g/mol. The van der Waals surface area contributed by atoms with E-state index in [1.165, 1.54) is 0 Å². The van der Waals surface area contributed by atoms with Crippen LogP contribution in [0.4, 0.5) is 5.69 Å². The second-order valence-corrected chi connectivity index (χ2v) is 3.49. The zero-order valence-electron chi connectivity index (χ0n) is 8.23.